The van der Waals surface area contributed by atoms with Gasteiger partial charge in [0, 0.05) is 31.9 Å². The van der Waals surface area contributed by atoms with Gasteiger partial charge in [0.05, 0.1) is 0 Å². The maximum atomic E-state index is 13.8. The molecular weight excluding hydrogens is 439 g/mol. The molecule has 9 nitrogen and oxygen atoms in total. The molecule has 0 N–H and O–H groups in total. The molecule has 1 aliphatic heterocycles. The number of hydrogen-bond donors (Lipinski definition) is 0. The Kier molecular flexibility index (Phi) is 5.87. The van der Waals surface area contributed by atoms with Crippen LogP contribution in [0.3, 0.4) is 0 Å². The molecule has 32 heavy (non-hydrogen) atoms. The van der Waals surface area contributed by atoms with Crippen LogP contribution in [0.2, 0.25) is 0 Å². The Balaban J connectivity index is 1.49. The summed E-state index contributed by atoms with van der Waals surface area (Å²) in [5.74, 6) is -0.922. The van der Waals surface area contributed by atoms with Crippen molar-refractivity contribution in [2.45, 2.75) is 37.7 Å². The van der Waals surface area contributed by atoms with E-state index in [1.807, 2.05) is 0 Å². The predicted molar refractivity (Wildman–Crippen MR) is 112 cm³/mol. The number of carbonyl (C=O) groups is 1. The highest BCUT2D eigenvalue weighted by molar-refractivity contribution is 7.89. The lowest BCUT2D eigenvalue weighted by Crippen LogP contribution is -2.27. The first-order valence-electron chi connectivity index (χ1n) is 10.1. The van der Waals surface area contributed by atoms with Crippen LogP contribution in [0.25, 0.3) is 11.4 Å². The molecule has 4 rings (SSSR count). The maximum absolute atomic E-state index is 13.8. The van der Waals surface area contributed by atoms with Gasteiger partial charge in [-0.2, -0.15) is 9.29 Å². The van der Waals surface area contributed by atoms with E-state index in [9.17, 15) is 17.6 Å². The molecule has 3 aromatic rings. The molecule has 1 fully saturated rings. The lowest BCUT2D eigenvalue weighted by molar-refractivity contribution is 0.0254. The average Bonchev–Trinajstić information content (AvgIpc) is 3.50. The van der Waals surface area contributed by atoms with Crippen LogP contribution in [0.5, 0.6) is 0 Å². The van der Waals surface area contributed by atoms with Crippen molar-refractivity contribution in [3.05, 3.63) is 53.4 Å². The van der Waals surface area contributed by atoms with E-state index in [-0.39, 0.29) is 22.3 Å². The topological polar surface area (TPSA) is 108 Å². The van der Waals surface area contributed by atoms with Crippen molar-refractivity contribution in [1.29, 1.82) is 0 Å². The Morgan fingerprint density at radius 3 is 2.66 bits per heavy atom. The molecule has 3 heterocycles. The van der Waals surface area contributed by atoms with Gasteiger partial charge in [0.1, 0.15) is 16.4 Å². The minimum Gasteiger partial charge on any atom is -0.448 e. The summed E-state index contributed by atoms with van der Waals surface area (Å²) in [5, 5.41) is 3.82. The number of sulfonamides is 1. The number of rotatable bonds is 6. The van der Waals surface area contributed by atoms with Gasteiger partial charge in [0.15, 0.2) is 6.10 Å². The highest BCUT2D eigenvalue weighted by atomic mass is 32.2. The lowest BCUT2D eigenvalue weighted by atomic mass is 10.1. The number of aromatic nitrogens is 3. The van der Waals surface area contributed by atoms with Gasteiger partial charge >= 0.3 is 5.97 Å². The van der Waals surface area contributed by atoms with Crippen molar-refractivity contribution in [3.63, 3.8) is 0 Å². The number of carbonyl (C=O) groups excluding carboxylic acids is 1. The second-order valence-electron chi connectivity index (χ2n) is 7.75. The Labute approximate surface area is 184 Å². The summed E-state index contributed by atoms with van der Waals surface area (Å²) >= 11 is 0. The van der Waals surface area contributed by atoms with Gasteiger partial charge in [0.25, 0.3) is 5.89 Å². The Hall–Kier alpha value is -3.05. The van der Waals surface area contributed by atoms with E-state index in [4.69, 9.17) is 9.26 Å². The third kappa shape index (κ3) is 4.17. The van der Waals surface area contributed by atoms with Gasteiger partial charge in [0.2, 0.25) is 15.8 Å². The highest BCUT2D eigenvalue weighted by Crippen LogP contribution is 2.25. The number of nitrogens with zero attached hydrogens (tertiary/aromatic N) is 4. The normalized spacial score (nSPS) is 15.8. The zero-order valence-electron chi connectivity index (χ0n) is 17.9. The molecule has 1 aliphatic rings. The third-order valence-corrected chi connectivity index (χ3v) is 7.26. The van der Waals surface area contributed by atoms with E-state index in [0.717, 1.165) is 12.8 Å². The van der Waals surface area contributed by atoms with Gasteiger partial charge in [-0.25, -0.2) is 17.6 Å². The van der Waals surface area contributed by atoms with Crippen molar-refractivity contribution < 1.29 is 26.9 Å². The van der Waals surface area contributed by atoms with Crippen molar-refractivity contribution in [3.8, 4) is 11.4 Å². The van der Waals surface area contributed by atoms with E-state index in [1.54, 1.807) is 33.0 Å². The molecule has 0 saturated carbocycles. The molecule has 11 heteroatoms. The maximum Gasteiger partial charge on any atom is 0.355 e. The summed E-state index contributed by atoms with van der Waals surface area (Å²) < 4.78 is 52.7. The van der Waals surface area contributed by atoms with E-state index < -0.39 is 27.9 Å². The average molecular weight is 463 g/mol. The summed E-state index contributed by atoms with van der Waals surface area (Å²) in [6.45, 7) is 4.14. The molecule has 0 spiro atoms. The number of halogens is 1. The Bertz CT molecular complexity index is 1260. The van der Waals surface area contributed by atoms with Crippen LogP contribution in [-0.4, -0.2) is 46.5 Å². The quantitative estimate of drug-likeness (QED) is 0.518. The number of ether oxygens (including phenoxy) is 1. The SMILES string of the molecule is Cc1ccc(-c2noc(C(C)OC(=O)c3cc(S(=O)(=O)N4CCCC4)cn3C)n2)cc1F. The van der Waals surface area contributed by atoms with E-state index in [2.05, 4.69) is 10.1 Å². The summed E-state index contributed by atoms with van der Waals surface area (Å²) in [6, 6.07) is 5.87. The molecule has 2 aromatic heterocycles. The van der Waals surface area contributed by atoms with Crippen molar-refractivity contribution in [2.75, 3.05) is 13.1 Å². The molecule has 0 aliphatic carbocycles. The van der Waals surface area contributed by atoms with E-state index in [1.165, 1.54) is 27.2 Å². The standard InChI is InChI=1S/C21H23FN4O5S/c1-13-6-7-15(10-17(13)22)19-23-20(31-24-19)14(2)30-21(27)18-11-16(12-25(18)3)32(28,29)26-8-4-5-9-26/h6-7,10-12,14H,4-5,8-9H2,1-3H3. The molecule has 1 atom stereocenters. The summed E-state index contributed by atoms with van der Waals surface area (Å²) in [4.78, 5) is 16.9. The number of esters is 1. The largest absolute Gasteiger partial charge is 0.448 e. The van der Waals surface area contributed by atoms with Gasteiger partial charge < -0.3 is 13.8 Å². The molecule has 1 unspecified atom stereocenters. The summed E-state index contributed by atoms with van der Waals surface area (Å²) in [6.07, 6.45) is 2.14. The van der Waals surface area contributed by atoms with Crippen LogP contribution in [0.15, 0.2) is 39.9 Å². The first kappa shape index (κ1) is 22.2. The summed E-state index contributed by atoms with van der Waals surface area (Å²) in [7, 11) is -2.08. The number of aryl methyl sites for hydroxylation is 2. The first-order valence-corrected chi connectivity index (χ1v) is 11.6. The predicted octanol–water partition coefficient (Wildman–Crippen LogP) is 3.23. The fraction of sp³-hybridized carbons (Fsp3) is 0.381. The molecule has 0 radical (unpaired) electrons. The second kappa shape index (κ2) is 8.47. The lowest BCUT2D eigenvalue weighted by Gasteiger charge is -2.13. The van der Waals surface area contributed by atoms with Crippen LogP contribution >= 0.6 is 0 Å². The highest BCUT2D eigenvalue weighted by Gasteiger charge is 2.30. The fourth-order valence-electron chi connectivity index (χ4n) is 3.48. The van der Waals surface area contributed by atoms with Crippen molar-refractivity contribution in [1.82, 2.24) is 19.0 Å². The molecule has 1 aromatic carbocycles. The van der Waals surface area contributed by atoms with Gasteiger partial charge in [-0.1, -0.05) is 17.3 Å². The summed E-state index contributed by atoms with van der Waals surface area (Å²) in [5.41, 5.74) is 1.00. The van der Waals surface area contributed by atoms with Crippen LogP contribution in [0, 0.1) is 12.7 Å². The van der Waals surface area contributed by atoms with Crippen LogP contribution in [0.4, 0.5) is 4.39 Å². The minimum atomic E-state index is -3.66. The molecular formula is C21H23FN4O5S. The number of hydrogen-bond acceptors (Lipinski definition) is 7. The van der Waals surface area contributed by atoms with Crippen molar-refractivity contribution >= 4 is 16.0 Å². The molecule has 170 valence electrons. The third-order valence-electron chi connectivity index (χ3n) is 5.40. The van der Waals surface area contributed by atoms with Gasteiger partial charge in [-0.05, 0) is 44.4 Å². The van der Waals surface area contributed by atoms with E-state index >= 15 is 0 Å². The second-order valence-corrected chi connectivity index (χ2v) is 9.69. The Morgan fingerprint density at radius 1 is 1.25 bits per heavy atom. The minimum absolute atomic E-state index is 0.0356. The zero-order valence-corrected chi connectivity index (χ0v) is 18.7. The van der Waals surface area contributed by atoms with Crippen LogP contribution < -0.4 is 0 Å². The van der Waals surface area contributed by atoms with Gasteiger partial charge in [-0.3, -0.25) is 0 Å². The molecule has 0 bridgehead atoms. The van der Waals surface area contributed by atoms with Crippen LogP contribution in [0.1, 0.15) is 47.8 Å². The smallest absolute Gasteiger partial charge is 0.355 e. The van der Waals surface area contributed by atoms with Crippen molar-refractivity contribution in [2.24, 2.45) is 7.05 Å². The zero-order chi connectivity index (χ0) is 23.0. The monoisotopic (exact) mass is 462 g/mol. The Morgan fingerprint density at radius 2 is 1.97 bits per heavy atom. The van der Waals surface area contributed by atoms with Crippen LogP contribution in [-0.2, 0) is 21.8 Å². The first-order chi connectivity index (χ1) is 15.2. The number of benzene rings is 1. The van der Waals surface area contributed by atoms with E-state index in [0.29, 0.717) is 24.2 Å². The fourth-order valence-corrected chi connectivity index (χ4v) is 5.07. The molecule has 0 amide bonds. The molecule has 1 saturated heterocycles. The van der Waals surface area contributed by atoms with Gasteiger partial charge in [-0.15, -0.1) is 0 Å².